The van der Waals surface area contributed by atoms with E-state index >= 15 is 0 Å². The molecular formula is C14H17BrN2O2. The molecule has 0 spiro atoms. The van der Waals surface area contributed by atoms with Crippen molar-refractivity contribution in [3.05, 3.63) is 28.2 Å². The maximum absolute atomic E-state index is 12.4. The lowest BCUT2D eigenvalue weighted by Gasteiger charge is -2.24. The van der Waals surface area contributed by atoms with Crippen LogP contribution in [0.1, 0.15) is 23.2 Å². The molecule has 0 aromatic heterocycles. The van der Waals surface area contributed by atoms with Gasteiger partial charge in [0.05, 0.1) is 5.56 Å². The number of carbonyl (C=O) groups excluding carboxylic acids is 1. The number of carbonyl (C=O) groups is 1. The number of benzene rings is 1. The molecule has 2 aliphatic rings. The highest BCUT2D eigenvalue weighted by molar-refractivity contribution is 9.10. The second kappa shape index (κ2) is 5.13. The molecule has 1 aromatic carbocycles. The number of amides is 1. The SMILES string of the molecule is O=C(c1ccc(Br)cc1O)N1CC2CCCNC2C1. The van der Waals surface area contributed by atoms with Crippen LogP contribution in [0.5, 0.6) is 5.75 Å². The first-order valence-corrected chi connectivity index (χ1v) is 7.45. The van der Waals surface area contributed by atoms with Crippen molar-refractivity contribution >= 4 is 21.8 Å². The maximum Gasteiger partial charge on any atom is 0.257 e. The quantitative estimate of drug-likeness (QED) is 0.830. The van der Waals surface area contributed by atoms with Gasteiger partial charge in [0.2, 0.25) is 0 Å². The molecule has 0 bridgehead atoms. The van der Waals surface area contributed by atoms with Crippen LogP contribution in [0.15, 0.2) is 22.7 Å². The number of hydrogen-bond acceptors (Lipinski definition) is 3. The minimum Gasteiger partial charge on any atom is -0.507 e. The predicted octanol–water partition coefficient (Wildman–Crippen LogP) is 1.98. The number of fused-ring (bicyclic) bond motifs is 1. The first-order valence-electron chi connectivity index (χ1n) is 6.66. The Morgan fingerprint density at radius 1 is 1.42 bits per heavy atom. The zero-order valence-corrected chi connectivity index (χ0v) is 12.2. The average Bonchev–Trinajstić information content (AvgIpc) is 2.81. The number of nitrogens with one attached hydrogen (secondary N) is 1. The van der Waals surface area contributed by atoms with Crippen molar-refractivity contribution in [3.63, 3.8) is 0 Å². The Labute approximate surface area is 120 Å². The summed E-state index contributed by atoms with van der Waals surface area (Å²) in [6.45, 7) is 2.59. The number of piperidine rings is 1. The molecule has 1 amide bonds. The third-order valence-corrected chi connectivity index (χ3v) is 4.57. The van der Waals surface area contributed by atoms with Gasteiger partial charge in [0.15, 0.2) is 0 Å². The summed E-state index contributed by atoms with van der Waals surface area (Å²) in [4.78, 5) is 14.3. The Morgan fingerprint density at radius 2 is 2.26 bits per heavy atom. The normalized spacial score (nSPS) is 26.3. The molecule has 2 saturated heterocycles. The fourth-order valence-electron chi connectivity index (χ4n) is 3.07. The Morgan fingerprint density at radius 3 is 3.00 bits per heavy atom. The van der Waals surface area contributed by atoms with Gasteiger partial charge < -0.3 is 15.3 Å². The molecule has 0 radical (unpaired) electrons. The van der Waals surface area contributed by atoms with E-state index in [4.69, 9.17) is 0 Å². The van der Waals surface area contributed by atoms with Gasteiger partial charge in [0.1, 0.15) is 5.75 Å². The van der Waals surface area contributed by atoms with Gasteiger partial charge in [0.25, 0.3) is 5.91 Å². The summed E-state index contributed by atoms with van der Waals surface area (Å²) < 4.78 is 0.776. The van der Waals surface area contributed by atoms with Gasteiger partial charge in [-0.3, -0.25) is 4.79 Å². The van der Waals surface area contributed by atoms with E-state index in [1.54, 1.807) is 18.2 Å². The van der Waals surface area contributed by atoms with Crippen molar-refractivity contribution in [1.82, 2.24) is 10.2 Å². The largest absolute Gasteiger partial charge is 0.507 e. The summed E-state index contributed by atoms with van der Waals surface area (Å²) in [7, 11) is 0. The number of nitrogens with zero attached hydrogens (tertiary/aromatic N) is 1. The first kappa shape index (κ1) is 12.9. The van der Waals surface area contributed by atoms with E-state index in [0.29, 0.717) is 17.5 Å². The van der Waals surface area contributed by atoms with Crippen LogP contribution < -0.4 is 5.32 Å². The van der Waals surface area contributed by atoms with Crippen molar-refractivity contribution < 1.29 is 9.90 Å². The van der Waals surface area contributed by atoms with E-state index < -0.39 is 0 Å². The monoisotopic (exact) mass is 324 g/mol. The molecular weight excluding hydrogens is 308 g/mol. The number of rotatable bonds is 1. The standard InChI is InChI=1S/C14H17BrN2O2/c15-10-3-4-11(13(18)6-10)14(19)17-7-9-2-1-5-16-12(9)8-17/h3-4,6,9,12,16,18H,1-2,5,7-8H2. The number of phenols is 1. The van der Waals surface area contributed by atoms with E-state index in [-0.39, 0.29) is 11.7 Å². The Bertz CT molecular complexity index is 492. The number of likely N-dealkylation sites (tertiary alicyclic amines) is 1. The van der Waals surface area contributed by atoms with Crippen LogP contribution in [-0.2, 0) is 0 Å². The van der Waals surface area contributed by atoms with Crippen molar-refractivity contribution in [1.29, 1.82) is 0 Å². The highest BCUT2D eigenvalue weighted by Crippen LogP contribution is 2.29. The Balaban J connectivity index is 1.77. The van der Waals surface area contributed by atoms with Gasteiger partial charge in [-0.2, -0.15) is 0 Å². The fraction of sp³-hybridized carbons (Fsp3) is 0.500. The molecule has 4 nitrogen and oxygen atoms in total. The van der Waals surface area contributed by atoms with Crippen LogP contribution in [0.4, 0.5) is 0 Å². The molecule has 2 N–H and O–H groups in total. The molecule has 19 heavy (non-hydrogen) atoms. The molecule has 0 aliphatic carbocycles. The van der Waals surface area contributed by atoms with Crippen molar-refractivity contribution in [2.45, 2.75) is 18.9 Å². The lowest BCUT2D eigenvalue weighted by molar-refractivity contribution is 0.0782. The van der Waals surface area contributed by atoms with E-state index in [9.17, 15) is 9.90 Å². The Hall–Kier alpha value is -1.07. The smallest absolute Gasteiger partial charge is 0.257 e. The second-order valence-electron chi connectivity index (χ2n) is 5.33. The summed E-state index contributed by atoms with van der Waals surface area (Å²) in [5.74, 6) is 0.540. The zero-order valence-electron chi connectivity index (χ0n) is 10.6. The summed E-state index contributed by atoms with van der Waals surface area (Å²) in [6.07, 6.45) is 2.38. The van der Waals surface area contributed by atoms with Gasteiger partial charge in [-0.05, 0) is 43.5 Å². The highest BCUT2D eigenvalue weighted by atomic mass is 79.9. The van der Waals surface area contributed by atoms with E-state index in [1.807, 2.05) is 4.90 Å². The van der Waals surface area contributed by atoms with Crippen LogP contribution in [0.2, 0.25) is 0 Å². The number of phenolic OH excluding ortho intramolecular Hbond substituents is 1. The van der Waals surface area contributed by atoms with Crippen LogP contribution in [0.3, 0.4) is 0 Å². The molecule has 0 saturated carbocycles. The fourth-order valence-corrected chi connectivity index (χ4v) is 3.42. The van der Waals surface area contributed by atoms with E-state index in [1.165, 1.54) is 12.8 Å². The molecule has 1 aromatic rings. The lowest BCUT2D eigenvalue weighted by atomic mass is 9.94. The minimum atomic E-state index is -0.0683. The van der Waals surface area contributed by atoms with Crippen LogP contribution >= 0.6 is 15.9 Å². The summed E-state index contributed by atoms with van der Waals surface area (Å²) in [5, 5.41) is 13.4. The molecule has 3 rings (SSSR count). The third kappa shape index (κ3) is 2.49. The van der Waals surface area contributed by atoms with Gasteiger partial charge in [-0.15, -0.1) is 0 Å². The van der Waals surface area contributed by atoms with Crippen LogP contribution in [0, 0.1) is 5.92 Å². The molecule has 2 fully saturated rings. The maximum atomic E-state index is 12.4. The third-order valence-electron chi connectivity index (χ3n) is 4.08. The summed E-state index contributed by atoms with van der Waals surface area (Å²) >= 11 is 3.28. The van der Waals surface area contributed by atoms with Crippen molar-refractivity contribution in [3.8, 4) is 5.75 Å². The Kier molecular flexibility index (Phi) is 3.50. The van der Waals surface area contributed by atoms with Crippen LogP contribution in [-0.4, -0.2) is 41.6 Å². The highest BCUT2D eigenvalue weighted by Gasteiger charge is 2.37. The van der Waals surface area contributed by atoms with Crippen molar-refractivity contribution in [2.75, 3.05) is 19.6 Å². The van der Waals surface area contributed by atoms with E-state index in [2.05, 4.69) is 21.2 Å². The number of hydrogen-bond donors (Lipinski definition) is 2. The van der Waals surface area contributed by atoms with Gasteiger partial charge in [0, 0.05) is 23.6 Å². The molecule has 2 unspecified atom stereocenters. The minimum absolute atomic E-state index is 0.0437. The average molecular weight is 325 g/mol. The van der Waals surface area contributed by atoms with Gasteiger partial charge in [-0.25, -0.2) is 0 Å². The van der Waals surface area contributed by atoms with Gasteiger partial charge >= 0.3 is 0 Å². The summed E-state index contributed by atoms with van der Waals surface area (Å²) in [5.41, 5.74) is 0.391. The molecule has 5 heteroatoms. The van der Waals surface area contributed by atoms with E-state index in [0.717, 1.165) is 24.1 Å². The van der Waals surface area contributed by atoms with Crippen molar-refractivity contribution in [2.24, 2.45) is 5.92 Å². The molecule has 102 valence electrons. The molecule has 2 heterocycles. The zero-order chi connectivity index (χ0) is 13.4. The first-order chi connectivity index (χ1) is 9.15. The summed E-state index contributed by atoms with van der Waals surface area (Å²) in [6, 6.07) is 5.45. The van der Waals surface area contributed by atoms with Crippen LogP contribution in [0.25, 0.3) is 0 Å². The van der Waals surface area contributed by atoms with Gasteiger partial charge in [-0.1, -0.05) is 15.9 Å². The molecule has 2 atom stereocenters. The second-order valence-corrected chi connectivity index (χ2v) is 6.25. The lowest BCUT2D eigenvalue weighted by Crippen LogP contribution is -2.41. The number of halogens is 1. The topological polar surface area (TPSA) is 52.6 Å². The number of aromatic hydroxyl groups is 1. The molecule has 2 aliphatic heterocycles. The predicted molar refractivity (Wildman–Crippen MR) is 76.2 cm³/mol.